The lowest BCUT2D eigenvalue weighted by Crippen LogP contribution is -2.25. The smallest absolute Gasteiger partial charge is 0.257 e. The summed E-state index contributed by atoms with van der Waals surface area (Å²) in [5, 5.41) is 13.9. The van der Waals surface area contributed by atoms with Crippen LogP contribution in [0.25, 0.3) is 10.8 Å². The van der Waals surface area contributed by atoms with E-state index in [9.17, 15) is 0 Å². The molecule has 2 heterocycles. The Morgan fingerprint density at radius 1 is 1.12 bits per heavy atom. The zero-order chi connectivity index (χ0) is 17.6. The van der Waals surface area contributed by atoms with Crippen molar-refractivity contribution in [1.82, 2.24) is 15.5 Å². The molecule has 2 aromatic heterocycles. The van der Waals surface area contributed by atoms with Crippen molar-refractivity contribution in [3.63, 3.8) is 0 Å². The van der Waals surface area contributed by atoms with E-state index in [0.29, 0.717) is 24.2 Å². The second-order valence-electron chi connectivity index (χ2n) is 6.57. The van der Waals surface area contributed by atoms with E-state index in [2.05, 4.69) is 60.6 Å². The Kier molecular flexibility index (Phi) is 6.00. The van der Waals surface area contributed by atoms with Crippen LogP contribution < -0.4 is 5.32 Å². The number of nitrogens with one attached hydrogen (secondary N) is 1. The van der Waals surface area contributed by atoms with Gasteiger partial charge < -0.3 is 9.73 Å². The molecule has 0 saturated carbocycles. The standard InChI is InChI=1S/C20H25N3OS/c1-4-6-15-8-10-16(11-9-15)19(14(2)3)21-13-18-22-23-20(24-18)17-7-5-12-25-17/h5,7-12,14,19,21H,4,6,13H2,1-3H3. The van der Waals surface area contributed by atoms with Crippen LogP contribution in [-0.2, 0) is 13.0 Å². The number of aryl methyl sites for hydroxylation is 1. The second kappa shape index (κ2) is 8.41. The summed E-state index contributed by atoms with van der Waals surface area (Å²) in [5.74, 6) is 1.69. The van der Waals surface area contributed by atoms with Crippen LogP contribution in [0.15, 0.2) is 46.2 Å². The van der Waals surface area contributed by atoms with Gasteiger partial charge in [0.15, 0.2) is 0 Å². The average molecular weight is 356 g/mol. The Bertz CT molecular complexity index is 763. The Morgan fingerprint density at radius 3 is 2.56 bits per heavy atom. The summed E-state index contributed by atoms with van der Waals surface area (Å²) in [6, 6.07) is 13.2. The lowest BCUT2D eigenvalue weighted by Gasteiger charge is -2.22. The van der Waals surface area contributed by atoms with Crippen molar-refractivity contribution in [2.75, 3.05) is 0 Å². The van der Waals surface area contributed by atoms with Gasteiger partial charge in [-0.3, -0.25) is 0 Å². The quantitative estimate of drug-likeness (QED) is 0.600. The highest BCUT2D eigenvalue weighted by Crippen LogP contribution is 2.25. The third-order valence-electron chi connectivity index (χ3n) is 4.22. The zero-order valence-electron chi connectivity index (χ0n) is 15.0. The third-order valence-corrected chi connectivity index (χ3v) is 5.07. The van der Waals surface area contributed by atoms with Crippen LogP contribution in [0, 0.1) is 5.92 Å². The first-order valence-electron chi connectivity index (χ1n) is 8.86. The fourth-order valence-corrected chi connectivity index (χ4v) is 3.59. The first-order chi connectivity index (χ1) is 12.2. The highest BCUT2D eigenvalue weighted by atomic mass is 32.1. The van der Waals surface area contributed by atoms with Crippen molar-refractivity contribution >= 4 is 11.3 Å². The fraction of sp³-hybridized carbons (Fsp3) is 0.400. The molecule has 0 bridgehead atoms. The Hall–Kier alpha value is -1.98. The molecule has 5 heteroatoms. The monoisotopic (exact) mass is 355 g/mol. The molecule has 0 saturated heterocycles. The maximum Gasteiger partial charge on any atom is 0.257 e. The molecule has 1 N–H and O–H groups in total. The van der Waals surface area contributed by atoms with E-state index in [1.54, 1.807) is 11.3 Å². The largest absolute Gasteiger partial charge is 0.419 e. The summed E-state index contributed by atoms with van der Waals surface area (Å²) >= 11 is 1.60. The van der Waals surface area contributed by atoms with Crippen molar-refractivity contribution in [3.8, 4) is 10.8 Å². The highest BCUT2D eigenvalue weighted by Gasteiger charge is 2.17. The SMILES string of the molecule is CCCc1ccc(C(NCc2nnc(-c3cccs3)o2)C(C)C)cc1. The molecule has 1 atom stereocenters. The molecule has 4 nitrogen and oxygen atoms in total. The molecule has 3 rings (SSSR count). The van der Waals surface area contributed by atoms with Gasteiger partial charge in [0, 0.05) is 6.04 Å². The van der Waals surface area contributed by atoms with E-state index in [1.807, 2.05) is 17.5 Å². The van der Waals surface area contributed by atoms with E-state index < -0.39 is 0 Å². The number of rotatable bonds is 8. The number of hydrogen-bond donors (Lipinski definition) is 1. The van der Waals surface area contributed by atoms with Gasteiger partial charge in [0.1, 0.15) is 0 Å². The molecule has 0 aliphatic heterocycles. The van der Waals surface area contributed by atoms with Crippen molar-refractivity contribution in [3.05, 3.63) is 58.8 Å². The normalized spacial score (nSPS) is 12.6. The Balaban J connectivity index is 1.66. The van der Waals surface area contributed by atoms with E-state index in [0.717, 1.165) is 11.3 Å². The van der Waals surface area contributed by atoms with Gasteiger partial charge in [0.25, 0.3) is 5.89 Å². The molecule has 0 amide bonds. The molecule has 25 heavy (non-hydrogen) atoms. The van der Waals surface area contributed by atoms with E-state index in [1.165, 1.54) is 17.5 Å². The predicted octanol–water partition coefficient (Wildman–Crippen LogP) is 5.24. The predicted molar refractivity (Wildman–Crippen MR) is 102 cm³/mol. The van der Waals surface area contributed by atoms with Crippen molar-refractivity contribution in [2.45, 2.75) is 46.2 Å². The van der Waals surface area contributed by atoms with Crippen LogP contribution in [0.1, 0.15) is 50.3 Å². The van der Waals surface area contributed by atoms with Gasteiger partial charge in [-0.1, -0.05) is 57.5 Å². The van der Waals surface area contributed by atoms with Crippen LogP contribution in [-0.4, -0.2) is 10.2 Å². The molecule has 132 valence electrons. The van der Waals surface area contributed by atoms with Crippen LogP contribution in [0.4, 0.5) is 0 Å². The molecule has 1 unspecified atom stereocenters. The van der Waals surface area contributed by atoms with Gasteiger partial charge in [0.05, 0.1) is 11.4 Å². The van der Waals surface area contributed by atoms with Gasteiger partial charge in [-0.15, -0.1) is 21.5 Å². The van der Waals surface area contributed by atoms with Gasteiger partial charge in [-0.05, 0) is 34.9 Å². The molecular weight excluding hydrogens is 330 g/mol. The van der Waals surface area contributed by atoms with Crippen LogP contribution in [0.3, 0.4) is 0 Å². The maximum absolute atomic E-state index is 5.77. The first-order valence-corrected chi connectivity index (χ1v) is 9.73. The summed E-state index contributed by atoms with van der Waals surface area (Å²) in [6.45, 7) is 7.23. The summed E-state index contributed by atoms with van der Waals surface area (Å²) < 4.78 is 5.77. The van der Waals surface area contributed by atoms with Crippen molar-refractivity contribution < 1.29 is 4.42 Å². The molecule has 3 aromatic rings. The number of nitrogens with zero attached hydrogens (tertiary/aromatic N) is 2. The molecule has 0 spiro atoms. The summed E-state index contributed by atoms with van der Waals surface area (Å²) in [7, 11) is 0. The minimum absolute atomic E-state index is 0.257. The maximum atomic E-state index is 5.77. The number of hydrogen-bond acceptors (Lipinski definition) is 5. The zero-order valence-corrected chi connectivity index (χ0v) is 15.8. The van der Waals surface area contributed by atoms with Crippen molar-refractivity contribution in [2.24, 2.45) is 5.92 Å². The van der Waals surface area contributed by atoms with Crippen LogP contribution >= 0.6 is 11.3 Å². The van der Waals surface area contributed by atoms with E-state index in [4.69, 9.17) is 4.42 Å². The van der Waals surface area contributed by atoms with Gasteiger partial charge >= 0.3 is 0 Å². The molecule has 0 fully saturated rings. The molecular formula is C20H25N3OS. The van der Waals surface area contributed by atoms with Gasteiger partial charge in [-0.2, -0.15) is 0 Å². The van der Waals surface area contributed by atoms with Gasteiger partial charge in [0.2, 0.25) is 5.89 Å². The van der Waals surface area contributed by atoms with Gasteiger partial charge in [-0.25, -0.2) is 0 Å². The fourth-order valence-electron chi connectivity index (χ4n) is 2.94. The number of thiophene rings is 1. The molecule has 0 radical (unpaired) electrons. The third kappa shape index (κ3) is 4.55. The van der Waals surface area contributed by atoms with Crippen molar-refractivity contribution in [1.29, 1.82) is 0 Å². The van der Waals surface area contributed by atoms with E-state index >= 15 is 0 Å². The summed E-state index contributed by atoms with van der Waals surface area (Å²) in [6.07, 6.45) is 2.31. The first kappa shape index (κ1) is 17.8. The minimum atomic E-state index is 0.257. The lowest BCUT2D eigenvalue weighted by molar-refractivity contribution is 0.380. The topological polar surface area (TPSA) is 51.0 Å². The average Bonchev–Trinajstić information content (AvgIpc) is 3.27. The summed E-state index contributed by atoms with van der Waals surface area (Å²) in [5.41, 5.74) is 2.69. The minimum Gasteiger partial charge on any atom is -0.419 e. The van der Waals surface area contributed by atoms with Crippen LogP contribution in [0.2, 0.25) is 0 Å². The lowest BCUT2D eigenvalue weighted by atomic mass is 9.94. The summed E-state index contributed by atoms with van der Waals surface area (Å²) in [4.78, 5) is 1.01. The number of benzene rings is 1. The Labute approximate surface area is 153 Å². The highest BCUT2D eigenvalue weighted by molar-refractivity contribution is 7.13. The second-order valence-corrected chi connectivity index (χ2v) is 7.52. The molecule has 0 aliphatic rings. The molecule has 0 aliphatic carbocycles. The number of aromatic nitrogens is 2. The Morgan fingerprint density at radius 2 is 1.92 bits per heavy atom. The van der Waals surface area contributed by atoms with Crippen LogP contribution in [0.5, 0.6) is 0 Å². The van der Waals surface area contributed by atoms with E-state index in [-0.39, 0.29) is 6.04 Å². The molecule has 1 aromatic carbocycles.